The molecule has 0 aromatic rings. The number of methoxy groups -OCH3 is 3. The Balaban J connectivity index is 0. The third-order valence-corrected chi connectivity index (χ3v) is 4.34. The first-order valence-corrected chi connectivity index (χ1v) is 7.57. The van der Waals surface area contributed by atoms with E-state index in [1.165, 1.54) is 0 Å². The molecule has 8 heteroatoms. The third kappa shape index (κ3) is 10.4. The second kappa shape index (κ2) is 14.3. The molecule has 0 heterocycles. The second-order valence-electron chi connectivity index (χ2n) is 3.33. The van der Waals surface area contributed by atoms with Gasteiger partial charge in [-0.25, -0.2) is 0 Å². The van der Waals surface area contributed by atoms with Crippen molar-refractivity contribution in [3.63, 3.8) is 0 Å². The van der Waals surface area contributed by atoms with Crippen LogP contribution in [0.2, 0.25) is 0 Å². The fraction of sp³-hybridized carbons (Fsp3) is 0.818. The van der Waals surface area contributed by atoms with Gasteiger partial charge in [0.05, 0.1) is 39.6 Å². The third-order valence-electron chi connectivity index (χ3n) is 2.02. The first-order chi connectivity index (χ1) is 8.74. The van der Waals surface area contributed by atoms with Gasteiger partial charge in [0.1, 0.15) is 0 Å². The molecule has 0 amide bonds. The number of hydrogen-bond donors (Lipinski definition) is 0. The summed E-state index contributed by atoms with van der Waals surface area (Å²) in [6.45, 7) is 6.35. The first-order valence-electron chi connectivity index (χ1n) is 5.77. The fourth-order valence-electron chi connectivity index (χ4n) is 1.10. The maximum atomic E-state index is 5.65. The summed E-state index contributed by atoms with van der Waals surface area (Å²) in [6, 6.07) is 0. The van der Waals surface area contributed by atoms with Crippen molar-refractivity contribution in [2.75, 3.05) is 61.0 Å². The van der Waals surface area contributed by atoms with Gasteiger partial charge in [-0.15, -0.1) is 0 Å². The minimum absolute atomic E-state index is 0. The molecule has 0 unspecified atom stereocenters. The van der Waals surface area contributed by atoms with E-state index in [1.807, 2.05) is 0 Å². The predicted octanol–water partition coefficient (Wildman–Crippen LogP) is -0.812. The van der Waals surface area contributed by atoms with Crippen LogP contribution in [0.25, 0.3) is 0 Å². The van der Waals surface area contributed by atoms with Gasteiger partial charge in [-0.2, -0.15) is 0 Å². The van der Waals surface area contributed by atoms with Gasteiger partial charge in [0, 0.05) is 21.3 Å². The molecule has 116 valence electrons. The molecule has 0 aliphatic carbocycles. The minimum Gasteiger partial charge on any atom is -0.382 e. The summed E-state index contributed by atoms with van der Waals surface area (Å²) in [5.41, 5.74) is 1.61. The Morgan fingerprint density at radius 3 is 1.26 bits per heavy atom. The molecule has 0 radical (unpaired) electrons. The lowest BCUT2D eigenvalue weighted by Crippen LogP contribution is -2.46. The van der Waals surface area contributed by atoms with Crippen LogP contribution in [-0.4, -0.2) is 80.7 Å². The molecule has 0 spiro atoms. The molecule has 0 aliphatic rings. The lowest BCUT2D eigenvalue weighted by Gasteiger charge is -2.26. The predicted molar refractivity (Wildman–Crippen MR) is 80.8 cm³/mol. The minimum atomic E-state index is -2.86. The van der Waals surface area contributed by atoms with Crippen molar-refractivity contribution in [1.29, 1.82) is 0 Å². The van der Waals surface area contributed by atoms with Crippen molar-refractivity contribution in [3.05, 3.63) is 12.3 Å². The molecule has 0 aromatic carbocycles. The van der Waals surface area contributed by atoms with Crippen LogP contribution in [0.3, 0.4) is 0 Å². The standard InChI is InChI=1S/C11H24O6Si.H4Si/c1-5-18(15-9-6-12-2,16-10-7-13-3)17-11-8-14-4;/h5H,1,6-11H2,2-4H3;1H4. The Morgan fingerprint density at radius 2 is 1.05 bits per heavy atom. The van der Waals surface area contributed by atoms with Crippen LogP contribution in [0.15, 0.2) is 12.3 Å². The Hall–Kier alpha value is -0.0662. The highest BCUT2D eigenvalue weighted by atomic mass is 28.4. The van der Waals surface area contributed by atoms with Crippen molar-refractivity contribution in [1.82, 2.24) is 0 Å². The van der Waals surface area contributed by atoms with Crippen LogP contribution in [0.4, 0.5) is 0 Å². The average Bonchev–Trinajstić information content (AvgIpc) is 2.39. The Kier molecular flexibility index (Phi) is 16.0. The summed E-state index contributed by atoms with van der Waals surface area (Å²) in [4.78, 5) is 0. The molecule has 0 aliphatic heterocycles. The van der Waals surface area contributed by atoms with E-state index in [-0.39, 0.29) is 11.0 Å². The van der Waals surface area contributed by atoms with Crippen molar-refractivity contribution in [3.8, 4) is 0 Å². The van der Waals surface area contributed by atoms with E-state index in [2.05, 4.69) is 6.58 Å². The van der Waals surface area contributed by atoms with E-state index in [0.717, 1.165) is 0 Å². The summed E-state index contributed by atoms with van der Waals surface area (Å²) >= 11 is 0. The molecule has 0 rings (SSSR count). The van der Waals surface area contributed by atoms with Crippen LogP contribution in [0.1, 0.15) is 0 Å². The molecule has 0 fully saturated rings. The van der Waals surface area contributed by atoms with Crippen LogP contribution in [-0.2, 0) is 27.5 Å². The van der Waals surface area contributed by atoms with Crippen molar-refractivity contribution >= 4 is 19.8 Å². The van der Waals surface area contributed by atoms with Crippen LogP contribution >= 0.6 is 0 Å². The lowest BCUT2D eigenvalue weighted by molar-refractivity contribution is 0.0232. The Labute approximate surface area is 121 Å². The van der Waals surface area contributed by atoms with Crippen molar-refractivity contribution < 1.29 is 27.5 Å². The zero-order chi connectivity index (χ0) is 13.7. The molecular formula is C11H28O6Si2. The number of hydrogen-bond acceptors (Lipinski definition) is 6. The normalized spacial score (nSPS) is 11.1. The van der Waals surface area contributed by atoms with Gasteiger partial charge in [-0.3, -0.25) is 0 Å². The van der Waals surface area contributed by atoms with Gasteiger partial charge < -0.3 is 27.5 Å². The summed E-state index contributed by atoms with van der Waals surface area (Å²) in [5, 5.41) is 0. The molecule has 19 heavy (non-hydrogen) atoms. The monoisotopic (exact) mass is 312 g/mol. The Morgan fingerprint density at radius 1 is 0.737 bits per heavy atom. The topological polar surface area (TPSA) is 55.4 Å². The highest BCUT2D eigenvalue weighted by Gasteiger charge is 2.37. The summed E-state index contributed by atoms with van der Waals surface area (Å²) in [5.74, 6) is 0. The Bertz CT molecular complexity index is 179. The molecular weight excluding hydrogens is 284 g/mol. The highest BCUT2D eigenvalue weighted by Crippen LogP contribution is 2.11. The molecule has 6 nitrogen and oxygen atoms in total. The molecule has 0 N–H and O–H groups in total. The summed E-state index contributed by atoms with van der Waals surface area (Å²) in [6.07, 6.45) is 0. The van der Waals surface area contributed by atoms with Gasteiger partial charge in [0.15, 0.2) is 0 Å². The average molecular weight is 313 g/mol. The zero-order valence-electron chi connectivity index (χ0n) is 11.5. The zero-order valence-corrected chi connectivity index (χ0v) is 12.5. The van der Waals surface area contributed by atoms with Crippen LogP contribution in [0.5, 0.6) is 0 Å². The number of rotatable bonds is 13. The van der Waals surface area contributed by atoms with E-state index >= 15 is 0 Å². The van der Waals surface area contributed by atoms with E-state index in [0.29, 0.717) is 39.6 Å². The summed E-state index contributed by atoms with van der Waals surface area (Å²) in [7, 11) is 1.97. The van der Waals surface area contributed by atoms with Gasteiger partial charge in [0.2, 0.25) is 0 Å². The molecule has 0 saturated carbocycles. The highest BCUT2D eigenvalue weighted by molar-refractivity contribution is 6.66. The second-order valence-corrected chi connectivity index (χ2v) is 5.81. The van der Waals surface area contributed by atoms with E-state index < -0.39 is 8.80 Å². The van der Waals surface area contributed by atoms with Crippen LogP contribution in [0, 0.1) is 0 Å². The fourth-order valence-corrected chi connectivity index (χ4v) is 2.81. The molecule has 0 bridgehead atoms. The van der Waals surface area contributed by atoms with Gasteiger partial charge in [0.25, 0.3) is 0 Å². The SMILES string of the molecule is C=C[Si](OCCOC)(OCCOC)OCCOC.[SiH4]. The van der Waals surface area contributed by atoms with Crippen molar-refractivity contribution in [2.45, 2.75) is 0 Å². The summed E-state index contributed by atoms with van der Waals surface area (Å²) < 4.78 is 31.8. The smallest absolute Gasteiger partial charge is 0.382 e. The molecule has 0 atom stereocenters. The quantitative estimate of drug-likeness (QED) is 0.327. The van der Waals surface area contributed by atoms with E-state index in [9.17, 15) is 0 Å². The van der Waals surface area contributed by atoms with Crippen LogP contribution < -0.4 is 0 Å². The van der Waals surface area contributed by atoms with Gasteiger partial charge in [-0.05, 0) is 16.7 Å². The van der Waals surface area contributed by atoms with Gasteiger partial charge >= 0.3 is 8.80 Å². The van der Waals surface area contributed by atoms with Gasteiger partial charge in [-0.1, -0.05) is 6.58 Å². The lowest BCUT2D eigenvalue weighted by atomic mass is 10.8. The first kappa shape index (κ1) is 21.2. The van der Waals surface area contributed by atoms with E-state index in [1.54, 1.807) is 27.0 Å². The molecule has 0 saturated heterocycles. The molecule has 0 aromatic heterocycles. The van der Waals surface area contributed by atoms with Crippen molar-refractivity contribution in [2.24, 2.45) is 0 Å². The van der Waals surface area contributed by atoms with E-state index in [4.69, 9.17) is 27.5 Å². The maximum absolute atomic E-state index is 5.65. The maximum Gasteiger partial charge on any atom is 0.529 e. The largest absolute Gasteiger partial charge is 0.529 e. The number of ether oxygens (including phenoxy) is 3.